The normalized spacial score (nSPS) is 23.4. The van der Waals surface area contributed by atoms with E-state index in [1.165, 1.54) is 0 Å². The molecule has 1 aliphatic heterocycles. The molecule has 0 bridgehead atoms. The quantitative estimate of drug-likeness (QED) is 0.129. The van der Waals surface area contributed by atoms with Crippen LogP contribution in [0.4, 0.5) is 0 Å². The Bertz CT molecular complexity index is 780. The van der Waals surface area contributed by atoms with Crippen LogP contribution in [0.25, 0.3) is 0 Å². The zero-order valence-corrected chi connectivity index (χ0v) is 22.9. The molecule has 0 saturated carbocycles. The van der Waals surface area contributed by atoms with Gasteiger partial charge in [0.15, 0.2) is 18.8 Å². The molecule has 1 unspecified atom stereocenters. The Hall–Kier alpha value is -2.35. The first kappa shape index (κ1) is 33.7. The van der Waals surface area contributed by atoms with Crippen LogP contribution in [-0.2, 0) is 42.9 Å². The summed E-state index contributed by atoms with van der Waals surface area (Å²) >= 11 is 0. The molecule has 10 nitrogen and oxygen atoms in total. The summed E-state index contributed by atoms with van der Waals surface area (Å²) < 4.78 is 28.4. The molecule has 1 fully saturated rings. The van der Waals surface area contributed by atoms with Gasteiger partial charge in [-0.05, 0) is 32.1 Å². The van der Waals surface area contributed by atoms with Crippen LogP contribution in [0.2, 0.25) is 0 Å². The zero-order valence-electron chi connectivity index (χ0n) is 22.1. The van der Waals surface area contributed by atoms with E-state index >= 15 is 0 Å². The van der Waals surface area contributed by atoms with E-state index in [1.54, 1.807) is 27.9 Å². The van der Waals surface area contributed by atoms with Crippen molar-refractivity contribution >= 4 is 23.9 Å². The van der Waals surface area contributed by atoms with Crippen molar-refractivity contribution in [2.75, 3.05) is 27.2 Å². The number of carbonyl (C=O) groups excluding carboxylic acids is 4. The van der Waals surface area contributed by atoms with E-state index in [0.717, 1.165) is 0 Å². The minimum absolute atomic E-state index is 0. The highest BCUT2D eigenvalue weighted by Gasteiger charge is 2.52. The fourth-order valence-corrected chi connectivity index (χ4v) is 3.55. The molecule has 0 amide bonds. The molecule has 1 saturated heterocycles. The molecule has 0 spiro atoms. The lowest BCUT2D eigenvalue weighted by molar-refractivity contribution is -0.875. The van der Waals surface area contributed by atoms with E-state index < -0.39 is 54.6 Å². The van der Waals surface area contributed by atoms with Crippen LogP contribution in [0.3, 0.4) is 0 Å². The number of esters is 4. The fourth-order valence-electron chi connectivity index (χ4n) is 3.55. The molecule has 1 aliphatic rings. The maximum Gasteiger partial charge on any atom is 0.364 e. The number of rotatable bonds is 13. The lowest BCUT2D eigenvalue weighted by Gasteiger charge is -2.43. The maximum absolute atomic E-state index is 12.7. The zero-order chi connectivity index (χ0) is 26.6. The molecule has 1 heterocycles. The van der Waals surface area contributed by atoms with Gasteiger partial charge in [0, 0.05) is 19.3 Å². The van der Waals surface area contributed by atoms with Crippen molar-refractivity contribution in [3.8, 4) is 12.3 Å². The van der Waals surface area contributed by atoms with Gasteiger partial charge in [0.05, 0.1) is 20.2 Å². The predicted octanol–water partition coefficient (Wildman–Crippen LogP) is -0.876. The minimum atomic E-state index is -1.37. The van der Waals surface area contributed by atoms with Gasteiger partial charge < -0.3 is 40.6 Å². The monoisotopic (exact) mass is 533 g/mol. The van der Waals surface area contributed by atoms with E-state index in [-0.39, 0.29) is 42.7 Å². The Morgan fingerprint density at radius 1 is 0.778 bits per heavy atom. The van der Waals surface area contributed by atoms with Crippen LogP contribution in [0.15, 0.2) is 0 Å². The van der Waals surface area contributed by atoms with Crippen LogP contribution in [-0.4, -0.2) is 86.3 Å². The standard InChI is InChI=1S/C25H40NO9.ClH/c1-8-12-18(27)32-22-17(5)31-25(35-21(30)16-26(6,7)15-11-4)24(34-20(29)14-10-3)23(22)33-19(28)13-9-2;/h4,17,22-25H,8-10,12-16H2,1-3,5-7H3;1H/q+1;/p-1/t17-,22+,23+,24-,25?;/m0./s1. The summed E-state index contributed by atoms with van der Waals surface area (Å²) in [5, 5.41) is 0. The number of nitrogens with zero attached hydrogens (tertiary/aromatic N) is 1. The van der Waals surface area contributed by atoms with Crippen molar-refractivity contribution < 1.29 is 59.8 Å². The summed E-state index contributed by atoms with van der Waals surface area (Å²) in [7, 11) is 3.53. The van der Waals surface area contributed by atoms with Gasteiger partial charge in [-0.15, -0.1) is 6.42 Å². The van der Waals surface area contributed by atoms with Crippen molar-refractivity contribution in [1.29, 1.82) is 0 Å². The van der Waals surface area contributed by atoms with E-state index in [9.17, 15) is 19.2 Å². The first-order valence-corrected chi connectivity index (χ1v) is 12.2. The van der Waals surface area contributed by atoms with Crippen LogP contribution >= 0.6 is 0 Å². The Morgan fingerprint density at radius 2 is 1.22 bits per heavy atom. The van der Waals surface area contributed by atoms with Crippen molar-refractivity contribution in [2.24, 2.45) is 0 Å². The number of quaternary nitrogens is 1. The van der Waals surface area contributed by atoms with E-state index in [2.05, 4.69) is 5.92 Å². The molecule has 0 aromatic rings. The Balaban J connectivity index is 0.0000122. The lowest BCUT2D eigenvalue weighted by Crippen LogP contribution is -3.00. The molecular weight excluding hydrogens is 494 g/mol. The highest BCUT2D eigenvalue weighted by atomic mass is 35.5. The van der Waals surface area contributed by atoms with Crippen molar-refractivity contribution in [1.82, 2.24) is 0 Å². The minimum Gasteiger partial charge on any atom is -1.00 e. The summed E-state index contributed by atoms with van der Waals surface area (Å²) in [4.78, 5) is 49.9. The highest BCUT2D eigenvalue weighted by molar-refractivity contribution is 5.72. The van der Waals surface area contributed by atoms with E-state index in [4.69, 9.17) is 30.1 Å². The van der Waals surface area contributed by atoms with Gasteiger partial charge in [-0.25, -0.2) is 4.79 Å². The van der Waals surface area contributed by atoms with Gasteiger partial charge >= 0.3 is 23.9 Å². The van der Waals surface area contributed by atoms with Gasteiger partial charge in [-0.2, -0.15) is 0 Å². The molecule has 0 N–H and O–H groups in total. The number of halogens is 1. The third-order valence-electron chi connectivity index (χ3n) is 5.22. The highest BCUT2D eigenvalue weighted by Crippen LogP contribution is 2.30. The molecule has 0 aromatic heterocycles. The Kier molecular flexibility index (Phi) is 15.3. The van der Waals surface area contributed by atoms with Gasteiger partial charge in [-0.3, -0.25) is 14.4 Å². The van der Waals surface area contributed by atoms with Crippen LogP contribution in [0.1, 0.15) is 66.2 Å². The smallest absolute Gasteiger partial charge is 0.364 e. The largest absolute Gasteiger partial charge is 1.00 e. The first-order valence-electron chi connectivity index (χ1n) is 12.2. The van der Waals surface area contributed by atoms with E-state index in [0.29, 0.717) is 25.8 Å². The predicted molar refractivity (Wildman–Crippen MR) is 125 cm³/mol. The molecule has 0 radical (unpaired) electrons. The average Bonchev–Trinajstić information content (AvgIpc) is 2.73. The number of ether oxygens (including phenoxy) is 5. The summed E-state index contributed by atoms with van der Waals surface area (Å²) in [6, 6.07) is 0. The average molecular weight is 534 g/mol. The van der Waals surface area contributed by atoms with Crippen molar-refractivity contribution in [2.45, 2.75) is 96.9 Å². The molecule has 1 rings (SSSR count). The molecule has 0 aromatic carbocycles. The second-order valence-electron chi connectivity index (χ2n) is 9.27. The summed E-state index contributed by atoms with van der Waals surface area (Å²) in [5.41, 5.74) is 0. The third-order valence-corrected chi connectivity index (χ3v) is 5.22. The van der Waals surface area contributed by atoms with Crippen molar-refractivity contribution in [3.05, 3.63) is 0 Å². The molecule has 206 valence electrons. The maximum atomic E-state index is 12.7. The summed E-state index contributed by atoms with van der Waals surface area (Å²) in [6.45, 7) is 7.27. The molecular formula is C25H40ClNO9. The topological polar surface area (TPSA) is 114 Å². The lowest BCUT2D eigenvalue weighted by atomic mass is 9.98. The number of hydrogen-bond donors (Lipinski definition) is 0. The second-order valence-corrected chi connectivity index (χ2v) is 9.27. The Labute approximate surface area is 220 Å². The van der Waals surface area contributed by atoms with Crippen LogP contribution in [0.5, 0.6) is 0 Å². The molecule has 5 atom stereocenters. The van der Waals surface area contributed by atoms with Crippen LogP contribution < -0.4 is 12.4 Å². The van der Waals surface area contributed by atoms with E-state index in [1.807, 2.05) is 13.8 Å². The van der Waals surface area contributed by atoms with Gasteiger partial charge in [0.1, 0.15) is 6.54 Å². The van der Waals surface area contributed by atoms with Gasteiger partial charge in [0.25, 0.3) is 0 Å². The van der Waals surface area contributed by atoms with Gasteiger partial charge in [-0.1, -0.05) is 20.8 Å². The third kappa shape index (κ3) is 11.1. The van der Waals surface area contributed by atoms with Crippen molar-refractivity contribution in [3.63, 3.8) is 0 Å². The van der Waals surface area contributed by atoms with Crippen LogP contribution in [0, 0.1) is 12.3 Å². The SMILES string of the molecule is C#CC[N+](C)(C)CC(=O)OC1O[C@@H](C)[C@@H](OC(=O)CCC)[C@@H](OC(=O)CCC)[C@@H]1OC(=O)CCC.[Cl-]. The summed E-state index contributed by atoms with van der Waals surface area (Å²) in [5.74, 6) is 0.212. The molecule has 36 heavy (non-hydrogen) atoms. The van der Waals surface area contributed by atoms with Gasteiger partial charge in [0.2, 0.25) is 12.4 Å². The number of carbonyl (C=O) groups is 4. The molecule has 0 aliphatic carbocycles. The number of terminal acetylenes is 1. The number of hydrogen-bond acceptors (Lipinski definition) is 9. The first-order chi connectivity index (χ1) is 16.5. The Morgan fingerprint density at radius 3 is 1.67 bits per heavy atom. The number of likely N-dealkylation sites (N-methyl/N-ethyl adjacent to an activating group) is 1. The fraction of sp³-hybridized carbons (Fsp3) is 0.760. The second kappa shape index (κ2) is 16.4. The molecule has 11 heteroatoms. The summed E-state index contributed by atoms with van der Waals surface area (Å²) in [6.07, 6.45) is 1.54.